The average molecular weight is 657 g/mol. The van der Waals surface area contributed by atoms with Crippen molar-refractivity contribution in [2.75, 3.05) is 39.4 Å². The summed E-state index contributed by atoms with van der Waals surface area (Å²) in [5.74, 6) is -2.88. The zero-order valence-corrected chi connectivity index (χ0v) is 18.9. The first-order valence-corrected chi connectivity index (χ1v) is 7.84. The van der Waals surface area contributed by atoms with Crippen molar-refractivity contribution in [1.29, 1.82) is 0 Å². The Morgan fingerprint density at radius 2 is 0.806 bits per heavy atom. The number of hydrogen-bond acceptors (Lipinski definition) is 10. The fraction of sp³-hybridized carbons (Fsp3) is 0.857. The van der Waals surface area contributed by atoms with Gasteiger partial charge in [0.25, 0.3) is 0 Å². The van der Waals surface area contributed by atoms with Crippen LogP contribution >= 0.6 is 0 Å². The summed E-state index contributed by atoms with van der Waals surface area (Å²) in [7, 11) is 0. The molecule has 0 amide bonds. The molecule has 0 saturated heterocycles. The molecule has 0 aliphatic heterocycles. The second-order valence-corrected chi connectivity index (χ2v) is 5.99. The maximum absolute atomic E-state index is 11.9. The van der Waals surface area contributed by atoms with Crippen LogP contribution in [0.3, 0.4) is 0 Å². The Hall–Kier alpha value is -1.03. The number of hydrogen-bond donors (Lipinski definition) is 6. The molecule has 0 atom stereocenters. The number of aliphatic hydroxyl groups excluding tert-OH is 2. The third-order valence-corrected chi connectivity index (χ3v) is 3.43. The summed E-state index contributed by atoms with van der Waals surface area (Å²) in [5.41, 5.74) is 15.8. The van der Waals surface area contributed by atoms with Crippen LogP contribution in [0.2, 0.25) is 0 Å². The van der Waals surface area contributed by atoms with Crippen LogP contribution in [0.25, 0.3) is 0 Å². The monoisotopic (exact) mass is 657 g/mol. The van der Waals surface area contributed by atoms with Gasteiger partial charge in [0.1, 0.15) is 0 Å². The molecule has 10 N–H and O–H groups in total. The maximum Gasteiger partial charge on any atom is 2.00 e. The number of alkyl halides is 6. The van der Waals surface area contributed by atoms with Gasteiger partial charge in [0, 0.05) is 26.2 Å². The Morgan fingerprint density at radius 1 is 0.677 bits per heavy atom. The van der Waals surface area contributed by atoms with E-state index < -0.39 is 74.5 Å². The quantitative estimate of drug-likeness (QED) is 0.154. The van der Waals surface area contributed by atoms with Crippen LogP contribution in [-0.2, 0) is 30.7 Å². The minimum atomic E-state index is -4.30. The number of aliphatic carboxylic acids is 2. The number of nitrogens with two attached hydrogens (primary N) is 4. The Labute approximate surface area is 189 Å². The van der Waals surface area contributed by atoms with Crippen molar-refractivity contribution in [3.63, 3.8) is 0 Å². The summed E-state index contributed by atoms with van der Waals surface area (Å²) in [5, 5.41) is 33.0. The topological polar surface area (TPSA) is 225 Å². The largest absolute Gasteiger partial charge is 2.00 e. The summed E-state index contributed by atoms with van der Waals surface area (Å²) in [6.07, 6.45) is -8.59. The molecule has 0 saturated carbocycles. The van der Waals surface area contributed by atoms with Crippen LogP contribution in [0, 0.1) is 10.8 Å². The number of carboxylic acids is 2. The first-order valence-electron chi connectivity index (χ1n) is 7.84. The van der Waals surface area contributed by atoms with Gasteiger partial charge in [-0.25, -0.2) is 0 Å². The molecule has 0 radical (unpaired) electrons. The standard InChI is InChI=1S/2C5H11F3N2.2C2H4O3.Pt/c2*1-4(2-9,3-10)5(6,7)8;2*3-1-2(4)5;/h2*2-3,9-10H2,1H3;2*3H,1H2,(H,4,5);/q;;;;+2/p-2. The van der Waals surface area contributed by atoms with Gasteiger partial charge in [0.15, 0.2) is 0 Å². The molecule has 0 aliphatic rings. The first kappa shape index (κ1) is 40.3. The Morgan fingerprint density at radius 3 is 0.806 bits per heavy atom. The van der Waals surface area contributed by atoms with Crippen molar-refractivity contribution >= 4 is 11.9 Å². The molecule has 0 spiro atoms. The van der Waals surface area contributed by atoms with Crippen molar-refractivity contribution in [3.05, 3.63) is 0 Å². The Kier molecular flexibility index (Phi) is 24.1. The van der Waals surface area contributed by atoms with E-state index in [9.17, 15) is 26.3 Å². The van der Waals surface area contributed by atoms with Gasteiger partial charge in [0.05, 0.1) is 36.0 Å². The molecular weight excluding hydrogens is 629 g/mol. The van der Waals surface area contributed by atoms with E-state index in [1.165, 1.54) is 0 Å². The smallest absolute Gasteiger partial charge is 0.548 e. The zero-order valence-electron chi connectivity index (χ0n) is 16.7. The predicted octanol–water partition coefficient (Wildman–Crippen LogP) is -3.60. The van der Waals surface area contributed by atoms with E-state index >= 15 is 0 Å². The summed E-state index contributed by atoms with van der Waals surface area (Å²) in [6.45, 7) is -1.63. The third kappa shape index (κ3) is 19.4. The number of carbonyl (C=O) groups is 2. The SMILES string of the molecule is CC(CN)(CN)C(F)(F)F.CC(CN)(CN)C(F)(F)F.O=C([O-])CO.O=C([O-])CO.[Pt+2]. The molecule has 10 nitrogen and oxygen atoms in total. The Bertz CT molecular complexity index is 433. The molecular formula is C14H28F6N4O6Pt. The van der Waals surface area contributed by atoms with Gasteiger partial charge in [-0.2, -0.15) is 26.3 Å². The number of aliphatic hydroxyl groups is 2. The van der Waals surface area contributed by atoms with E-state index in [1.807, 2.05) is 0 Å². The number of carboxylic acid groups (broad SMARTS) is 2. The van der Waals surface area contributed by atoms with E-state index in [1.54, 1.807) is 0 Å². The molecule has 0 aliphatic carbocycles. The summed E-state index contributed by atoms with van der Waals surface area (Å²) < 4.78 is 71.7. The van der Waals surface area contributed by atoms with Gasteiger partial charge in [-0.3, -0.25) is 0 Å². The third-order valence-electron chi connectivity index (χ3n) is 3.43. The van der Waals surface area contributed by atoms with Crippen molar-refractivity contribution in [1.82, 2.24) is 0 Å². The van der Waals surface area contributed by atoms with Crippen LogP contribution in [0.4, 0.5) is 26.3 Å². The van der Waals surface area contributed by atoms with Crippen molar-refractivity contribution in [2.24, 2.45) is 33.8 Å². The average Bonchev–Trinajstić information content (AvgIpc) is 2.65. The second kappa shape index (κ2) is 18.5. The summed E-state index contributed by atoms with van der Waals surface area (Å²) in [4.78, 5) is 18.0. The fourth-order valence-corrected chi connectivity index (χ4v) is 0.630. The van der Waals surface area contributed by atoms with E-state index in [-0.39, 0.29) is 21.1 Å². The van der Waals surface area contributed by atoms with Crippen molar-refractivity contribution < 1.29 is 77.4 Å². The van der Waals surface area contributed by atoms with Gasteiger partial charge in [0.2, 0.25) is 0 Å². The van der Waals surface area contributed by atoms with Crippen LogP contribution in [0.5, 0.6) is 0 Å². The molecule has 0 aromatic heterocycles. The predicted molar refractivity (Wildman–Crippen MR) is 88.7 cm³/mol. The number of rotatable bonds is 6. The zero-order chi connectivity index (χ0) is 25.4. The summed E-state index contributed by atoms with van der Waals surface area (Å²) >= 11 is 0. The first-order chi connectivity index (χ1) is 13.3. The fourth-order valence-electron chi connectivity index (χ4n) is 0.630. The van der Waals surface area contributed by atoms with Crippen molar-refractivity contribution in [2.45, 2.75) is 26.2 Å². The molecule has 17 heteroatoms. The molecule has 31 heavy (non-hydrogen) atoms. The molecule has 0 aromatic rings. The van der Waals surface area contributed by atoms with Gasteiger partial charge in [-0.15, -0.1) is 0 Å². The summed E-state index contributed by atoms with van der Waals surface area (Å²) in [6, 6.07) is 0. The molecule has 0 bridgehead atoms. The van der Waals surface area contributed by atoms with Crippen LogP contribution in [-0.4, -0.2) is 73.9 Å². The van der Waals surface area contributed by atoms with Crippen molar-refractivity contribution in [3.8, 4) is 0 Å². The molecule has 0 rings (SSSR count). The molecule has 0 aromatic carbocycles. The minimum absolute atomic E-state index is 0. The maximum atomic E-state index is 11.9. The van der Waals surface area contributed by atoms with Gasteiger partial charge in [-0.05, 0) is 13.8 Å². The van der Waals surface area contributed by atoms with E-state index in [2.05, 4.69) is 0 Å². The van der Waals surface area contributed by atoms with E-state index in [0.717, 1.165) is 13.8 Å². The minimum Gasteiger partial charge on any atom is -0.548 e. The molecule has 192 valence electrons. The van der Waals surface area contributed by atoms with E-state index in [0.29, 0.717) is 0 Å². The van der Waals surface area contributed by atoms with Gasteiger partial charge < -0.3 is 52.9 Å². The Balaban J connectivity index is -0.000000101. The van der Waals surface area contributed by atoms with Crippen LogP contribution in [0.1, 0.15) is 13.8 Å². The van der Waals surface area contributed by atoms with Crippen LogP contribution in [0.15, 0.2) is 0 Å². The van der Waals surface area contributed by atoms with E-state index in [4.69, 9.17) is 52.9 Å². The van der Waals surface area contributed by atoms with Gasteiger partial charge >= 0.3 is 33.4 Å². The molecule has 0 heterocycles. The second-order valence-electron chi connectivity index (χ2n) is 5.99. The molecule has 0 fully saturated rings. The van der Waals surface area contributed by atoms with Crippen LogP contribution < -0.4 is 33.1 Å². The number of carbonyl (C=O) groups excluding carboxylic acids is 2. The van der Waals surface area contributed by atoms with Gasteiger partial charge in [-0.1, -0.05) is 0 Å². The normalized spacial score (nSPS) is 11.3. The molecule has 0 unspecified atom stereocenters. The number of halogens is 6.